The first kappa shape index (κ1) is 19.4. The van der Waals surface area contributed by atoms with E-state index in [1.54, 1.807) is 54.6 Å². The Morgan fingerprint density at radius 2 is 1.86 bits per heavy atom. The van der Waals surface area contributed by atoms with Crippen molar-refractivity contribution in [2.45, 2.75) is 6.92 Å². The number of esters is 1. The maximum atomic E-state index is 12.1. The van der Waals surface area contributed by atoms with Gasteiger partial charge >= 0.3 is 5.97 Å². The summed E-state index contributed by atoms with van der Waals surface area (Å²) in [7, 11) is 0. The maximum Gasteiger partial charge on any atom is 0.343 e. The van der Waals surface area contributed by atoms with Crippen LogP contribution in [-0.4, -0.2) is 23.1 Å². The molecular weight excluding hydrogens is 422 g/mol. The van der Waals surface area contributed by atoms with Crippen molar-refractivity contribution in [2.24, 2.45) is 5.10 Å². The Morgan fingerprint density at radius 1 is 1.07 bits per heavy atom. The maximum absolute atomic E-state index is 12.1. The summed E-state index contributed by atoms with van der Waals surface area (Å²) in [5, 5.41) is 3.92. The van der Waals surface area contributed by atoms with Crippen LogP contribution in [-0.2, 0) is 0 Å². The fourth-order valence-electron chi connectivity index (χ4n) is 2.24. The number of pyridine rings is 1. The number of halogens is 1. The molecule has 3 rings (SSSR count). The van der Waals surface area contributed by atoms with Gasteiger partial charge in [-0.25, -0.2) is 10.2 Å². The van der Waals surface area contributed by atoms with Crippen molar-refractivity contribution in [1.82, 2.24) is 10.4 Å². The number of benzene rings is 2. The van der Waals surface area contributed by atoms with Crippen LogP contribution in [0.25, 0.3) is 0 Å². The molecule has 28 heavy (non-hydrogen) atoms. The molecule has 6 nitrogen and oxygen atoms in total. The van der Waals surface area contributed by atoms with Gasteiger partial charge in [-0.15, -0.1) is 0 Å². The predicted molar refractivity (Wildman–Crippen MR) is 110 cm³/mol. The van der Waals surface area contributed by atoms with Crippen LogP contribution in [0.4, 0.5) is 0 Å². The van der Waals surface area contributed by atoms with Crippen LogP contribution in [0.5, 0.6) is 5.75 Å². The van der Waals surface area contributed by atoms with Crippen molar-refractivity contribution >= 4 is 34.0 Å². The quantitative estimate of drug-likeness (QED) is 0.281. The lowest BCUT2D eigenvalue weighted by atomic mass is 10.2. The Labute approximate surface area is 170 Å². The molecule has 0 saturated heterocycles. The molecule has 0 atom stereocenters. The summed E-state index contributed by atoms with van der Waals surface area (Å²) in [5.74, 6) is -0.373. The molecule has 0 spiro atoms. The fraction of sp³-hybridized carbons (Fsp3) is 0.0476. The normalized spacial score (nSPS) is 10.6. The SMILES string of the molecule is Cc1ccc(C(=O)N/N=C/c2ccc(OC(=O)c3cccc(Br)c3)cc2)cn1. The molecule has 1 aromatic heterocycles. The number of hydrogen-bond donors (Lipinski definition) is 1. The molecule has 0 aliphatic carbocycles. The van der Waals surface area contributed by atoms with Crippen LogP contribution in [0.2, 0.25) is 0 Å². The molecule has 0 saturated carbocycles. The second-order valence-corrected chi connectivity index (χ2v) is 6.77. The molecule has 2 aromatic carbocycles. The van der Waals surface area contributed by atoms with E-state index >= 15 is 0 Å². The topological polar surface area (TPSA) is 80.6 Å². The number of hydrazone groups is 1. The van der Waals surface area contributed by atoms with Crippen molar-refractivity contribution in [2.75, 3.05) is 0 Å². The molecule has 0 bridgehead atoms. The summed E-state index contributed by atoms with van der Waals surface area (Å²) < 4.78 is 6.14. The summed E-state index contributed by atoms with van der Waals surface area (Å²) in [4.78, 5) is 28.2. The zero-order chi connectivity index (χ0) is 19.9. The smallest absolute Gasteiger partial charge is 0.343 e. The molecule has 7 heteroatoms. The van der Waals surface area contributed by atoms with Gasteiger partial charge in [-0.1, -0.05) is 22.0 Å². The van der Waals surface area contributed by atoms with Crippen molar-refractivity contribution < 1.29 is 14.3 Å². The van der Waals surface area contributed by atoms with Gasteiger partial charge in [0.25, 0.3) is 5.91 Å². The van der Waals surface area contributed by atoms with Crippen LogP contribution in [0.1, 0.15) is 32.0 Å². The molecule has 0 aliphatic heterocycles. The Morgan fingerprint density at radius 3 is 2.54 bits per heavy atom. The van der Waals surface area contributed by atoms with Crippen LogP contribution in [0.3, 0.4) is 0 Å². The van der Waals surface area contributed by atoms with Gasteiger partial charge in [0.1, 0.15) is 5.75 Å². The number of amides is 1. The number of aromatic nitrogens is 1. The van der Waals surface area contributed by atoms with Crippen molar-refractivity contribution in [3.05, 3.63) is 93.7 Å². The van der Waals surface area contributed by atoms with E-state index in [4.69, 9.17) is 4.74 Å². The monoisotopic (exact) mass is 437 g/mol. The minimum atomic E-state index is -0.443. The van der Waals surface area contributed by atoms with E-state index in [9.17, 15) is 9.59 Å². The first-order valence-electron chi connectivity index (χ1n) is 8.35. The van der Waals surface area contributed by atoms with Crippen LogP contribution in [0.15, 0.2) is 76.4 Å². The van der Waals surface area contributed by atoms with E-state index in [0.717, 1.165) is 15.7 Å². The molecule has 0 unspecified atom stereocenters. The second kappa shape index (κ2) is 9.05. The van der Waals surface area contributed by atoms with Gasteiger partial charge < -0.3 is 4.74 Å². The van der Waals surface area contributed by atoms with E-state index in [1.807, 2.05) is 13.0 Å². The van der Waals surface area contributed by atoms with Crippen molar-refractivity contribution in [3.63, 3.8) is 0 Å². The molecule has 3 aromatic rings. The highest BCUT2D eigenvalue weighted by atomic mass is 79.9. The van der Waals surface area contributed by atoms with Gasteiger partial charge in [-0.2, -0.15) is 5.10 Å². The number of ether oxygens (including phenoxy) is 1. The summed E-state index contributed by atoms with van der Waals surface area (Å²) in [6.45, 7) is 1.85. The van der Waals surface area contributed by atoms with Gasteiger partial charge in [-0.3, -0.25) is 9.78 Å². The highest BCUT2D eigenvalue weighted by Gasteiger charge is 2.08. The van der Waals surface area contributed by atoms with Gasteiger partial charge in [0.2, 0.25) is 0 Å². The van der Waals surface area contributed by atoms with Gasteiger partial charge in [0.15, 0.2) is 0 Å². The molecule has 1 N–H and O–H groups in total. The standard InChI is InChI=1S/C21H16BrN3O3/c1-14-5-8-17(13-23-14)20(26)25-24-12-15-6-9-19(10-7-15)28-21(27)16-3-2-4-18(22)11-16/h2-13H,1H3,(H,25,26)/b24-12+. The molecule has 0 radical (unpaired) electrons. The second-order valence-electron chi connectivity index (χ2n) is 5.86. The van der Waals surface area contributed by atoms with Crippen LogP contribution >= 0.6 is 15.9 Å². The fourth-order valence-corrected chi connectivity index (χ4v) is 2.63. The Balaban J connectivity index is 1.56. The highest BCUT2D eigenvalue weighted by molar-refractivity contribution is 9.10. The number of nitrogens with zero attached hydrogens (tertiary/aromatic N) is 2. The van der Waals surface area contributed by atoms with Gasteiger partial charge in [0, 0.05) is 16.4 Å². The average molecular weight is 438 g/mol. The van der Waals surface area contributed by atoms with E-state index in [-0.39, 0.29) is 5.91 Å². The van der Waals surface area contributed by atoms with E-state index in [0.29, 0.717) is 16.9 Å². The summed E-state index contributed by atoms with van der Waals surface area (Å²) in [6, 6.07) is 17.2. The number of nitrogens with one attached hydrogen (secondary N) is 1. The van der Waals surface area contributed by atoms with E-state index < -0.39 is 5.97 Å². The molecule has 1 heterocycles. The largest absolute Gasteiger partial charge is 0.423 e. The predicted octanol–water partition coefficient (Wildman–Crippen LogP) is 4.14. The van der Waals surface area contributed by atoms with E-state index in [1.165, 1.54) is 12.4 Å². The number of carbonyl (C=O) groups excluding carboxylic acids is 2. The van der Waals surface area contributed by atoms with Crippen molar-refractivity contribution in [3.8, 4) is 5.75 Å². The third-order valence-corrected chi connectivity index (χ3v) is 4.20. The number of aryl methyl sites for hydroxylation is 1. The third kappa shape index (κ3) is 5.34. The Hall–Kier alpha value is -3.32. The zero-order valence-electron chi connectivity index (χ0n) is 14.9. The van der Waals surface area contributed by atoms with E-state index in [2.05, 4.69) is 31.4 Å². The van der Waals surface area contributed by atoms with Crippen molar-refractivity contribution in [1.29, 1.82) is 0 Å². The van der Waals surface area contributed by atoms with Crippen LogP contribution < -0.4 is 10.2 Å². The zero-order valence-corrected chi connectivity index (χ0v) is 16.5. The number of rotatable bonds is 5. The Bertz CT molecular complexity index is 1020. The molecule has 0 aliphatic rings. The first-order chi connectivity index (χ1) is 13.5. The first-order valence-corrected chi connectivity index (χ1v) is 9.14. The lowest BCUT2D eigenvalue weighted by molar-refractivity contribution is 0.0734. The number of carbonyl (C=O) groups is 2. The Kier molecular flexibility index (Phi) is 6.29. The van der Waals surface area contributed by atoms with Gasteiger partial charge in [0.05, 0.1) is 17.3 Å². The number of hydrogen-bond acceptors (Lipinski definition) is 5. The summed E-state index contributed by atoms with van der Waals surface area (Å²) >= 11 is 3.32. The molecular formula is C21H16BrN3O3. The lowest BCUT2D eigenvalue weighted by Gasteiger charge is -2.05. The highest BCUT2D eigenvalue weighted by Crippen LogP contribution is 2.16. The minimum Gasteiger partial charge on any atom is -0.423 e. The lowest BCUT2D eigenvalue weighted by Crippen LogP contribution is -2.17. The molecule has 140 valence electrons. The average Bonchev–Trinajstić information content (AvgIpc) is 2.69. The third-order valence-electron chi connectivity index (χ3n) is 3.70. The van der Waals surface area contributed by atoms with Gasteiger partial charge in [-0.05, 0) is 67.1 Å². The summed E-state index contributed by atoms with van der Waals surface area (Å²) in [5.41, 5.74) is 4.90. The summed E-state index contributed by atoms with van der Waals surface area (Å²) in [6.07, 6.45) is 2.99. The molecule has 0 fully saturated rings. The molecule has 1 amide bonds. The minimum absolute atomic E-state index is 0.344. The van der Waals surface area contributed by atoms with Crippen LogP contribution in [0, 0.1) is 6.92 Å².